The van der Waals surface area contributed by atoms with Gasteiger partial charge in [-0.2, -0.15) is 0 Å². The van der Waals surface area contributed by atoms with Crippen LogP contribution >= 0.6 is 0 Å². The van der Waals surface area contributed by atoms with Gasteiger partial charge in [0.15, 0.2) is 0 Å². The highest BCUT2D eigenvalue weighted by Crippen LogP contribution is 2.45. The summed E-state index contributed by atoms with van der Waals surface area (Å²) >= 11 is 0. The number of carbonyl (C=O) groups is 3. The summed E-state index contributed by atoms with van der Waals surface area (Å²) < 4.78 is 0. The molecule has 6 nitrogen and oxygen atoms in total. The van der Waals surface area contributed by atoms with Crippen LogP contribution in [0.3, 0.4) is 0 Å². The van der Waals surface area contributed by atoms with E-state index in [0.29, 0.717) is 6.42 Å². The van der Waals surface area contributed by atoms with E-state index < -0.39 is 5.41 Å². The fourth-order valence-corrected chi connectivity index (χ4v) is 3.84. The molecule has 1 atom stereocenters. The van der Waals surface area contributed by atoms with E-state index in [-0.39, 0.29) is 30.7 Å². The molecular weight excluding hydrogens is 354 g/mol. The van der Waals surface area contributed by atoms with E-state index in [9.17, 15) is 14.4 Å². The van der Waals surface area contributed by atoms with Crippen molar-refractivity contribution < 1.29 is 14.4 Å². The molecule has 0 saturated carbocycles. The van der Waals surface area contributed by atoms with Crippen molar-refractivity contribution in [2.75, 3.05) is 32.6 Å². The van der Waals surface area contributed by atoms with E-state index in [2.05, 4.69) is 5.32 Å². The molecule has 6 heteroatoms. The summed E-state index contributed by atoms with van der Waals surface area (Å²) in [7, 11) is 4.86. The minimum atomic E-state index is -0.985. The van der Waals surface area contributed by atoms with Gasteiger partial charge in [-0.15, -0.1) is 0 Å². The quantitative estimate of drug-likeness (QED) is 0.831. The molecule has 1 N–H and O–H groups in total. The summed E-state index contributed by atoms with van der Waals surface area (Å²) in [5, 5.41) is 2.52. The largest absolute Gasteiger partial charge is 0.358 e. The second kappa shape index (κ2) is 7.84. The van der Waals surface area contributed by atoms with Crippen LogP contribution in [0.1, 0.15) is 17.5 Å². The Kier molecular flexibility index (Phi) is 5.49. The van der Waals surface area contributed by atoms with Crippen LogP contribution in [0.25, 0.3) is 0 Å². The molecule has 1 aliphatic rings. The molecule has 0 bridgehead atoms. The molecule has 28 heavy (non-hydrogen) atoms. The number of amides is 3. The first-order valence-corrected chi connectivity index (χ1v) is 9.25. The summed E-state index contributed by atoms with van der Waals surface area (Å²) in [6, 6.07) is 17.3. The van der Waals surface area contributed by atoms with Crippen LogP contribution in [-0.4, -0.2) is 50.3 Å². The van der Waals surface area contributed by atoms with Crippen molar-refractivity contribution in [3.05, 3.63) is 65.7 Å². The van der Waals surface area contributed by atoms with Crippen LogP contribution in [-0.2, 0) is 26.2 Å². The van der Waals surface area contributed by atoms with Gasteiger partial charge in [-0.25, -0.2) is 0 Å². The van der Waals surface area contributed by atoms with Crippen molar-refractivity contribution in [1.29, 1.82) is 0 Å². The zero-order valence-corrected chi connectivity index (χ0v) is 16.4. The molecule has 0 saturated heterocycles. The summed E-state index contributed by atoms with van der Waals surface area (Å²) in [6.45, 7) is -0.0393. The number of anilines is 1. The maximum absolute atomic E-state index is 13.4. The Balaban J connectivity index is 2.00. The van der Waals surface area contributed by atoms with Crippen LogP contribution in [0.4, 0.5) is 5.69 Å². The summed E-state index contributed by atoms with van der Waals surface area (Å²) in [5.41, 5.74) is 1.68. The molecule has 1 heterocycles. The molecule has 0 aliphatic carbocycles. The number of benzene rings is 2. The Morgan fingerprint density at radius 3 is 2.39 bits per heavy atom. The zero-order chi connectivity index (χ0) is 20.3. The van der Waals surface area contributed by atoms with Crippen molar-refractivity contribution in [2.45, 2.75) is 18.3 Å². The van der Waals surface area contributed by atoms with Gasteiger partial charge in [0.1, 0.15) is 0 Å². The van der Waals surface area contributed by atoms with Crippen molar-refractivity contribution in [3.63, 3.8) is 0 Å². The molecule has 3 amide bonds. The molecule has 1 aliphatic heterocycles. The Morgan fingerprint density at radius 1 is 1.07 bits per heavy atom. The van der Waals surface area contributed by atoms with E-state index in [0.717, 1.165) is 16.8 Å². The third kappa shape index (κ3) is 3.50. The van der Waals surface area contributed by atoms with Crippen LogP contribution in [0.15, 0.2) is 54.6 Å². The van der Waals surface area contributed by atoms with E-state index in [1.165, 1.54) is 11.9 Å². The van der Waals surface area contributed by atoms with Crippen molar-refractivity contribution >= 4 is 23.4 Å². The number of rotatable bonds is 6. The lowest BCUT2D eigenvalue weighted by Crippen LogP contribution is -2.46. The first-order chi connectivity index (χ1) is 13.4. The molecule has 3 rings (SSSR count). The normalized spacial score (nSPS) is 18.0. The Bertz CT molecular complexity index is 897. The predicted octanol–water partition coefficient (Wildman–Crippen LogP) is 1.74. The van der Waals surface area contributed by atoms with Gasteiger partial charge >= 0.3 is 0 Å². The lowest BCUT2D eigenvalue weighted by molar-refractivity contribution is -0.137. The number of hydrogen-bond donors (Lipinski definition) is 1. The first kappa shape index (κ1) is 19.6. The third-order valence-corrected chi connectivity index (χ3v) is 5.38. The van der Waals surface area contributed by atoms with Crippen LogP contribution in [0, 0.1) is 0 Å². The molecular formula is C22H25N3O3. The van der Waals surface area contributed by atoms with Gasteiger partial charge in [-0.1, -0.05) is 48.5 Å². The fraction of sp³-hybridized carbons (Fsp3) is 0.318. The van der Waals surface area contributed by atoms with E-state index in [4.69, 9.17) is 0 Å². The SMILES string of the molecule is CNC(=O)CN(C)C(=O)CC1(Cc2ccccc2)C(=O)N(C)c2ccccc21. The average Bonchev–Trinajstić information content (AvgIpc) is 2.91. The second-order valence-electron chi connectivity index (χ2n) is 7.23. The van der Waals surface area contributed by atoms with Crippen LogP contribution in [0.2, 0.25) is 0 Å². The average molecular weight is 379 g/mol. The molecule has 2 aromatic carbocycles. The maximum atomic E-state index is 13.4. The van der Waals surface area contributed by atoms with E-state index >= 15 is 0 Å². The molecule has 0 spiro atoms. The van der Waals surface area contributed by atoms with Crippen molar-refractivity contribution in [3.8, 4) is 0 Å². The third-order valence-electron chi connectivity index (χ3n) is 5.38. The van der Waals surface area contributed by atoms with Gasteiger partial charge in [0.2, 0.25) is 17.7 Å². The van der Waals surface area contributed by atoms with Crippen molar-refractivity contribution in [2.24, 2.45) is 0 Å². The number of para-hydroxylation sites is 1. The minimum absolute atomic E-state index is 0.00950. The summed E-state index contributed by atoms with van der Waals surface area (Å²) in [6.07, 6.45) is 0.434. The van der Waals surface area contributed by atoms with Crippen LogP contribution in [0.5, 0.6) is 0 Å². The predicted molar refractivity (Wildman–Crippen MR) is 108 cm³/mol. The Labute approximate surface area is 165 Å². The standard InChI is InChI=1S/C22H25N3O3/c1-23-19(26)15-24(2)20(27)14-22(13-16-9-5-4-6-10-16)17-11-7-8-12-18(17)25(3)21(22)28/h4-12H,13-15H2,1-3H3,(H,23,26). The lowest BCUT2D eigenvalue weighted by atomic mass is 9.73. The van der Waals surface area contributed by atoms with Gasteiger partial charge in [0, 0.05) is 33.3 Å². The number of likely N-dealkylation sites (N-methyl/N-ethyl adjacent to an activating group) is 3. The monoisotopic (exact) mass is 379 g/mol. The zero-order valence-electron chi connectivity index (χ0n) is 16.4. The number of hydrogen-bond acceptors (Lipinski definition) is 3. The molecule has 0 fully saturated rings. The summed E-state index contributed by atoms with van der Waals surface area (Å²) in [5.74, 6) is -0.583. The number of carbonyl (C=O) groups excluding carboxylic acids is 3. The highest BCUT2D eigenvalue weighted by atomic mass is 16.2. The highest BCUT2D eigenvalue weighted by Gasteiger charge is 2.51. The lowest BCUT2D eigenvalue weighted by Gasteiger charge is -2.30. The van der Waals surface area contributed by atoms with Gasteiger partial charge in [0.05, 0.1) is 12.0 Å². The van der Waals surface area contributed by atoms with Crippen molar-refractivity contribution in [1.82, 2.24) is 10.2 Å². The first-order valence-electron chi connectivity index (χ1n) is 9.25. The fourth-order valence-electron chi connectivity index (χ4n) is 3.84. The van der Waals surface area contributed by atoms with Gasteiger partial charge < -0.3 is 15.1 Å². The smallest absolute Gasteiger partial charge is 0.239 e. The highest BCUT2D eigenvalue weighted by molar-refractivity contribution is 6.10. The minimum Gasteiger partial charge on any atom is -0.358 e. The Morgan fingerprint density at radius 2 is 1.71 bits per heavy atom. The Hall–Kier alpha value is -3.15. The number of fused-ring (bicyclic) bond motifs is 1. The molecule has 0 radical (unpaired) electrons. The molecule has 146 valence electrons. The number of nitrogens with zero attached hydrogens (tertiary/aromatic N) is 2. The molecule has 2 aromatic rings. The molecule has 0 aromatic heterocycles. The number of nitrogens with one attached hydrogen (secondary N) is 1. The van der Waals surface area contributed by atoms with E-state index in [1.807, 2.05) is 54.6 Å². The van der Waals surface area contributed by atoms with Crippen LogP contribution < -0.4 is 10.2 Å². The topological polar surface area (TPSA) is 69.7 Å². The second-order valence-corrected chi connectivity index (χ2v) is 7.23. The van der Waals surface area contributed by atoms with E-state index in [1.54, 1.807) is 19.0 Å². The maximum Gasteiger partial charge on any atom is 0.239 e. The van der Waals surface area contributed by atoms with Gasteiger partial charge in [-0.3, -0.25) is 14.4 Å². The van der Waals surface area contributed by atoms with Gasteiger partial charge in [0.25, 0.3) is 0 Å². The summed E-state index contributed by atoms with van der Waals surface area (Å²) in [4.78, 5) is 41.1. The van der Waals surface area contributed by atoms with Gasteiger partial charge in [-0.05, 0) is 23.6 Å². The molecule has 1 unspecified atom stereocenters.